The number of aliphatic hydroxyl groups is 1. The minimum Gasteiger partial charge on any atom is -0.380 e. The Labute approximate surface area is 86.9 Å². The van der Waals surface area contributed by atoms with Crippen LogP contribution in [0.25, 0.3) is 0 Å². The summed E-state index contributed by atoms with van der Waals surface area (Å²) in [7, 11) is 0. The van der Waals surface area contributed by atoms with E-state index in [-0.39, 0.29) is 0 Å². The van der Waals surface area contributed by atoms with Crippen LogP contribution in [0.3, 0.4) is 0 Å². The molecule has 0 aromatic carbocycles. The number of hydrogen-bond donors (Lipinski definition) is 1. The average Bonchev–Trinajstić information content (AvgIpc) is 2.27. The van der Waals surface area contributed by atoms with Gasteiger partial charge >= 0.3 is 0 Å². The van der Waals surface area contributed by atoms with Gasteiger partial charge < -0.3 is 5.11 Å². The van der Waals surface area contributed by atoms with Gasteiger partial charge in [0.25, 0.3) is 0 Å². The van der Waals surface area contributed by atoms with Crippen LogP contribution >= 0.6 is 0 Å². The van der Waals surface area contributed by atoms with Crippen LogP contribution in [0.2, 0.25) is 0 Å². The maximum Gasteiger partial charge on any atom is 0.117 e. The lowest BCUT2D eigenvalue weighted by molar-refractivity contribution is 0.0645. The molecule has 4 atom stereocenters. The molecule has 0 heterocycles. The third kappa shape index (κ3) is 1.96. The largest absolute Gasteiger partial charge is 0.380 e. The van der Waals surface area contributed by atoms with E-state index in [9.17, 15) is 5.11 Å². The number of aliphatic hydroxyl groups excluding tert-OH is 1. The second-order valence-electron chi connectivity index (χ2n) is 4.99. The second-order valence-corrected chi connectivity index (χ2v) is 4.99. The molecule has 0 aromatic heterocycles. The van der Waals surface area contributed by atoms with Crippen LogP contribution in [0.1, 0.15) is 44.9 Å². The summed E-state index contributed by atoms with van der Waals surface area (Å²) in [4.78, 5) is 0. The minimum absolute atomic E-state index is 0.388. The van der Waals surface area contributed by atoms with E-state index in [1.165, 1.54) is 38.5 Å². The van der Waals surface area contributed by atoms with Gasteiger partial charge in [0.05, 0.1) is 0 Å². The molecule has 14 heavy (non-hydrogen) atoms. The van der Waals surface area contributed by atoms with Crippen LogP contribution in [0.5, 0.6) is 0 Å². The molecule has 2 saturated carbocycles. The summed E-state index contributed by atoms with van der Waals surface area (Å²) in [5, 5.41) is 9.64. The third-order valence-corrected chi connectivity index (χ3v) is 4.20. The van der Waals surface area contributed by atoms with Gasteiger partial charge in [-0.2, -0.15) is 0 Å². The lowest BCUT2D eigenvalue weighted by atomic mass is 9.66. The summed E-state index contributed by atoms with van der Waals surface area (Å²) in [5.74, 6) is 4.69. The highest BCUT2D eigenvalue weighted by Gasteiger charge is 2.34. The first-order chi connectivity index (χ1) is 6.81. The SMILES string of the molecule is C#CC(O)C1CCC2CCCCC2C1. The number of hydrogen-bond acceptors (Lipinski definition) is 1. The highest BCUT2D eigenvalue weighted by atomic mass is 16.3. The first-order valence-corrected chi connectivity index (χ1v) is 5.95. The van der Waals surface area contributed by atoms with Crippen molar-refractivity contribution in [2.75, 3.05) is 0 Å². The maximum absolute atomic E-state index is 9.64. The molecule has 78 valence electrons. The van der Waals surface area contributed by atoms with Crippen LogP contribution in [-0.2, 0) is 0 Å². The van der Waals surface area contributed by atoms with Gasteiger partial charge in [-0.3, -0.25) is 0 Å². The maximum atomic E-state index is 9.64. The van der Waals surface area contributed by atoms with Crippen molar-refractivity contribution in [3.05, 3.63) is 0 Å². The van der Waals surface area contributed by atoms with Crippen molar-refractivity contribution in [3.63, 3.8) is 0 Å². The molecule has 4 unspecified atom stereocenters. The van der Waals surface area contributed by atoms with Crippen molar-refractivity contribution in [3.8, 4) is 12.3 Å². The smallest absolute Gasteiger partial charge is 0.117 e. The summed E-state index contributed by atoms with van der Waals surface area (Å²) >= 11 is 0. The topological polar surface area (TPSA) is 20.2 Å². The van der Waals surface area contributed by atoms with E-state index in [1.807, 2.05) is 0 Å². The molecular formula is C13H20O. The summed E-state index contributed by atoms with van der Waals surface area (Å²) in [6.07, 6.45) is 14.0. The van der Waals surface area contributed by atoms with Crippen molar-refractivity contribution < 1.29 is 5.11 Å². The van der Waals surface area contributed by atoms with Crippen molar-refractivity contribution in [2.45, 2.75) is 51.0 Å². The zero-order valence-electron chi connectivity index (χ0n) is 8.78. The molecule has 1 nitrogen and oxygen atoms in total. The lowest BCUT2D eigenvalue weighted by Crippen LogP contribution is -2.32. The quantitative estimate of drug-likeness (QED) is 0.633. The molecular weight excluding hydrogens is 172 g/mol. The zero-order chi connectivity index (χ0) is 9.97. The molecule has 2 fully saturated rings. The first-order valence-electron chi connectivity index (χ1n) is 5.95. The van der Waals surface area contributed by atoms with E-state index in [0.717, 1.165) is 18.3 Å². The molecule has 0 bridgehead atoms. The van der Waals surface area contributed by atoms with Crippen LogP contribution < -0.4 is 0 Å². The van der Waals surface area contributed by atoms with Gasteiger partial charge in [0, 0.05) is 0 Å². The molecule has 0 amide bonds. The number of terminal acetylenes is 1. The second kappa shape index (κ2) is 4.36. The fourth-order valence-corrected chi connectivity index (χ4v) is 3.33. The van der Waals surface area contributed by atoms with Crippen LogP contribution in [0, 0.1) is 30.1 Å². The molecule has 1 heteroatoms. The molecule has 0 radical (unpaired) electrons. The molecule has 2 aliphatic rings. The Kier molecular flexibility index (Phi) is 3.13. The van der Waals surface area contributed by atoms with Crippen molar-refractivity contribution in [2.24, 2.45) is 17.8 Å². The Morgan fingerprint density at radius 1 is 1.07 bits per heavy atom. The Morgan fingerprint density at radius 2 is 1.79 bits per heavy atom. The van der Waals surface area contributed by atoms with Gasteiger partial charge in [0.2, 0.25) is 0 Å². The van der Waals surface area contributed by atoms with Gasteiger partial charge in [-0.1, -0.05) is 31.6 Å². The van der Waals surface area contributed by atoms with Crippen LogP contribution in [-0.4, -0.2) is 11.2 Å². The highest BCUT2D eigenvalue weighted by molar-refractivity contribution is 4.99. The van der Waals surface area contributed by atoms with Gasteiger partial charge in [-0.15, -0.1) is 6.42 Å². The standard InChI is InChI=1S/C13H20O/c1-2-13(14)12-8-7-10-5-3-4-6-11(10)9-12/h1,10-14H,3-9H2. The normalized spacial score (nSPS) is 39.6. The predicted molar refractivity (Wildman–Crippen MR) is 57.6 cm³/mol. The Morgan fingerprint density at radius 3 is 2.50 bits per heavy atom. The molecule has 0 aliphatic heterocycles. The van der Waals surface area contributed by atoms with Gasteiger partial charge in [-0.25, -0.2) is 0 Å². The zero-order valence-corrected chi connectivity index (χ0v) is 8.78. The number of fused-ring (bicyclic) bond motifs is 1. The molecule has 1 N–H and O–H groups in total. The van der Waals surface area contributed by atoms with Crippen LogP contribution in [0.15, 0.2) is 0 Å². The van der Waals surface area contributed by atoms with E-state index in [2.05, 4.69) is 5.92 Å². The highest BCUT2D eigenvalue weighted by Crippen LogP contribution is 2.43. The van der Waals surface area contributed by atoms with Crippen molar-refractivity contribution >= 4 is 0 Å². The minimum atomic E-state index is -0.488. The van der Waals surface area contributed by atoms with E-state index in [4.69, 9.17) is 6.42 Å². The Hall–Kier alpha value is -0.480. The van der Waals surface area contributed by atoms with Crippen LogP contribution in [0.4, 0.5) is 0 Å². The van der Waals surface area contributed by atoms with Gasteiger partial charge in [0.1, 0.15) is 6.10 Å². The summed E-state index contributed by atoms with van der Waals surface area (Å²) < 4.78 is 0. The van der Waals surface area contributed by atoms with E-state index >= 15 is 0 Å². The Balaban J connectivity index is 1.93. The number of rotatable bonds is 1. The monoisotopic (exact) mass is 192 g/mol. The van der Waals surface area contributed by atoms with Gasteiger partial charge in [-0.05, 0) is 37.0 Å². The third-order valence-electron chi connectivity index (χ3n) is 4.20. The molecule has 2 aliphatic carbocycles. The fraction of sp³-hybridized carbons (Fsp3) is 0.846. The van der Waals surface area contributed by atoms with Crippen molar-refractivity contribution in [1.82, 2.24) is 0 Å². The van der Waals surface area contributed by atoms with E-state index in [1.54, 1.807) is 0 Å². The summed E-state index contributed by atoms with van der Waals surface area (Å²) in [5.41, 5.74) is 0. The van der Waals surface area contributed by atoms with E-state index < -0.39 is 6.10 Å². The first kappa shape index (κ1) is 10.1. The molecule has 0 aromatic rings. The van der Waals surface area contributed by atoms with Gasteiger partial charge in [0.15, 0.2) is 0 Å². The predicted octanol–water partition coefficient (Wildman–Crippen LogP) is 2.59. The lowest BCUT2D eigenvalue weighted by Gasteiger charge is -2.39. The molecule has 2 rings (SSSR count). The molecule has 0 saturated heterocycles. The van der Waals surface area contributed by atoms with Crippen molar-refractivity contribution in [1.29, 1.82) is 0 Å². The van der Waals surface area contributed by atoms with E-state index in [0.29, 0.717) is 5.92 Å². The summed E-state index contributed by atoms with van der Waals surface area (Å²) in [6.45, 7) is 0. The Bertz CT molecular complexity index is 228. The summed E-state index contributed by atoms with van der Waals surface area (Å²) in [6, 6.07) is 0. The fourth-order valence-electron chi connectivity index (χ4n) is 3.33. The molecule has 0 spiro atoms. The average molecular weight is 192 g/mol.